The van der Waals surface area contributed by atoms with E-state index < -0.39 is 69.3 Å². The lowest BCUT2D eigenvalue weighted by Crippen LogP contribution is -2.58. The van der Waals surface area contributed by atoms with Gasteiger partial charge in [-0.05, 0) is 78.9 Å². The summed E-state index contributed by atoms with van der Waals surface area (Å²) in [4.78, 5) is 61.6. The Labute approximate surface area is 306 Å². The fourth-order valence-corrected chi connectivity index (χ4v) is 7.48. The van der Waals surface area contributed by atoms with Gasteiger partial charge in [-0.2, -0.15) is 17.7 Å². The third-order valence-corrected chi connectivity index (χ3v) is 11.1. The molecule has 3 N–H and O–H groups in total. The number of carbonyl (C=O) groups excluding carboxylic acids is 4. The molecule has 1 aliphatic carbocycles. The molecule has 52 heavy (non-hydrogen) atoms. The number of fused-ring (bicyclic) bond motifs is 3. The number of ether oxygens (including phenoxy) is 2. The molecular weight excluding hydrogens is 691 g/mol. The predicted octanol–water partition coefficient (Wildman–Crippen LogP) is 3.49. The number of allylic oxidation sites excluding steroid dienone is 1. The lowest BCUT2D eigenvalue weighted by atomic mass is 10.0. The molecule has 2 aromatic rings. The summed E-state index contributed by atoms with van der Waals surface area (Å²) in [5, 5.41) is 5.60. The summed E-state index contributed by atoms with van der Waals surface area (Å²) < 4.78 is 42.3. The molecule has 5 atom stereocenters. The zero-order valence-corrected chi connectivity index (χ0v) is 32.2. The molecule has 16 heteroatoms. The van der Waals surface area contributed by atoms with E-state index in [0.29, 0.717) is 25.3 Å². The Hall–Kier alpha value is -4.18. The number of benzene rings is 1. The Kier molecular flexibility index (Phi) is 11.3. The third kappa shape index (κ3) is 8.54. The molecule has 5 rings (SSSR count). The minimum absolute atomic E-state index is 0.00123. The molecule has 4 amide bonds. The number of nitrogens with zero attached hydrogens (tertiary/aromatic N) is 4. The van der Waals surface area contributed by atoms with Crippen molar-refractivity contribution < 1.29 is 37.1 Å². The highest BCUT2D eigenvalue weighted by Gasteiger charge is 2.61. The number of aryl methyl sites for hydroxylation is 1. The molecule has 0 radical (unpaired) electrons. The number of rotatable bonds is 7. The van der Waals surface area contributed by atoms with Gasteiger partial charge in [-0.3, -0.25) is 19.0 Å². The summed E-state index contributed by atoms with van der Waals surface area (Å²) in [5.41, 5.74) is 0.301. The van der Waals surface area contributed by atoms with Crippen molar-refractivity contribution in [2.24, 2.45) is 5.92 Å². The first-order chi connectivity index (χ1) is 24.3. The van der Waals surface area contributed by atoms with Crippen molar-refractivity contribution in [3.63, 3.8) is 0 Å². The maximum absolute atomic E-state index is 14.5. The summed E-state index contributed by atoms with van der Waals surface area (Å²) in [7, 11) is -1.56. The number of amides is 4. The van der Waals surface area contributed by atoms with Gasteiger partial charge in [0.2, 0.25) is 11.8 Å². The number of hydrogen-bond acceptors (Lipinski definition) is 9. The van der Waals surface area contributed by atoms with Gasteiger partial charge in [-0.1, -0.05) is 37.1 Å². The van der Waals surface area contributed by atoms with Crippen molar-refractivity contribution in [2.75, 3.05) is 20.6 Å². The van der Waals surface area contributed by atoms with Crippen LogP contribution in [0, 0.1) is 12.8 Å². The van der Waals surface area contributed by atoms with Crippen LogP contribution in [-0.4, -0.2) is 101 Å². The second kappa shape index (κ2) is 15.0. The molecule has 286 valence electrons. The number of carbonyl (C=O) groups is 4. The SMILES string of the molecule is Cc1cccc2c1nc(O[C@@H]1C[C@H]3C(=O)N[C@]4(C(=O)NS(=O)(=O)N(C)C)C[C@H]4/C=C\CCCCC[C@H](NC(=O)OC(C)(C)C)C(=O)N3C1)n2C(C)C. The van der Waals surface area contributed by atoms with E-state index >= 15 is 0 Å². The van der Waals surface area contributed by atoms with Crippen LogP contribution in [0.2, 0.25) is 0 Å². The van der Waals surface area contributed by atoms with Crippen LogP contribution in [0.3, 0.4) is 0 Å². The number of hydrogen-bond donors (Lipinski definition) is 3. The van der Waals surface area contributed by atoms with Crippen LogP contribution in [0.15, 0.2) is 30.4 Å². The Morgan fingerprint density at radius 2 is 1.87 bits per heavy atom. The first kappa shape index (κ1) is 39.0. The van der Waals surface area contributed by atoms with E-state index in [2.05, 4.69) is 15.4 Å². The van der Waals surface area contributed by atoms with Gasteiger partial charge >= 0.3 is 16.3 Å². The quantitative estimate of drug-likeness (QED) is 0.358. The summed E-state index contributed by atoms with van der Waals surface area (Å²) in [6.45, 7) is 11.2. The minimum atomic E-state index is -4.16. The maximum Gasteiger partial charge on any atom is 0.408 e. The highest BCUT2D eigenvalue weighted by molar-refractivity contribution is 7.87. The number of imidazole rings is 1. The smallest absolute Gasteiger partial charge is 0.408 e. The van der Waals surface area contributed by atoms with Crippen molar-refractivity contribution in [2.45, 2.75) is 122 Å². The van der Waals surface area contributed by atoms with Crippen LogP contribution < -0.4 is 20.1 Å². The minimum Gasteiger partial charge on any atom is -0.459 e. The predicted molar refractivity (Wildman–Crippen MR) is 195 cm³/mol. The second-order valence-electron chi connectivity index (χ2n) is 15.5. The Balaban J connectivity index is 1.50. The van der Waals surface area contributed by atoms with Crippen molar-refractivity contribution in [3.05, 3.63) is 35.9 Å². The molecule has 1 aromatic carbocycles. The number of alkyl carbamates (subject to hydrolysis) is 1. The van der Waals surface area contributed by atoms with Gasteiger partial charge in [0, 0.05) is 32.5 Å². The molecule has 2 aliphatic heterocycles. The lowest BCUT2D eigenvalue weighted by molar-refractivity contribution is -0.141. The van der Waals surface area contributed by atoms with E-state index in [1.54, 1.807) is 20.8 Å². The molecule has 2 fully saturated rings. The second-order valence-corrected chi connectivity index (χ2v) is 17.4. The molecule has 1 aromatic heterocycles. The largest absolute Gasteiger partial charge is 0.459 e. The van der Waals surface area contributed by atoms with Gasteiger partial charge in [-0.15, -0.1) is 0 Å². The summed E-state index contributed by atoms with van der Waals surface area (Å²) >= 11 is 0. The topological polar surface area (TPSA) is 181 Å². The van der Waals surface area contributed by atoms with Crippen LogP contribution in [0.4, 0.5) is 4.79 Å². The first-order valence-electron chi connectivity index (χ1n) is 18.0. The van der Waals surface area contributed by atoms with Crippen molar-refractivity contribution in [3.8, 4) is 6.01 Å². The average molecular weight is 744 g/mol. The third-order valence-electron chi connectivity index (χ3n) is 9.72. The van der Waals surface area contributed by atoms with E-state index in [1.165, 1.54) is 19.0 Å². The first-order valence-corrected chi connectivity index (χ1v) is 19.4. The van der Waals surface area contributed by atoms with Crippen LogP contribution in [-0.2, 0) is 29.3 Å². The van der Waals surface area contributed by atoms with Gasteiger partial charge < -0.3 is 25.0 Å². The number of para-hydroxylation sites is 1. The average Bonchev–Trinajstić information content (AvgIpc) is 3.36. The molecule has 1 saturated carbocycles. The van der Waals surface area contributed by atoms with Gasteiger partial charge in [0.15, 0.2) is 0 Å². The van der Waals surface area contributed by atoms with Crippen LogP contribution in [0.5, 0.6) is 6.01 Å². The molecule has 0 unspecified atom stereocenters. The Morgan fingerprint density at radius 1 is 1.13 bits per heavy atom. The van der Waals surface area contributed by atoms with E-state index in [9.17, 15) is 27.6 Å². The van der Waals surface area contributed by atoms with Crippen LogP contribution in [0.1, 0.15) is 91.2 Å². The van der Waals surface area contributed by atoms with Crippen LogP contribution in [0.25, 0.3) is 11.0 Å². The Morgan fingerprint density at radius 3 is 2.54 bits per heavy atom. The van der Waals surface area contributed by atoms with Gasteiger partial charge in [0.1, 0.15) is 29.3 Å². The molecule has 3 aliphatic rings. The van der Waals surface area contributed by atoms with Crippen molar-refractivity contribution in [1.82, 2.24) is 34.1 Å². The highest BCUT2D eigenvalue weighted by Crippen LogP contribution is 2.46. The van der Waals surface area contributed by atoms with Gasteiger partial charge in [0.25, 0.3) is 11.9 Å². The van der Waals surface area contributed by atoms with Crippen molar-refractivity contribution >= 4 is 45.1 Å². The van der Waals surface area contributed by atoms with E-state index in [1.807, 2.05) is 55.7 Å². The maximum atomic E-state index is 14.5. The summed E-state index contributed by atoms with van der Waals surface area (Å²) in [5.74, 6) is -2.43. The number of nitrogens with one attached hydrogen (secondary N) is 3. The van der Waals surface area contributed by atoms with Gasteiger partial charge in [-0.25, -0.2) is 9.52 Å². The zero-order valence-electron chi connectivity index (χ0n) is 31.4. The summed E-state index contributed by atoms with van der Waals surface area (Å²) in [6.07, 6.45) is 5.77. The number of aromatic nitrogens is 2. The van der Waals surface area contributed by atoms with Crippen molar-refractivity contribution in [1.29, 1.82) is 0 Å². The fraction of sp³-hybridized carbons (Fsp3) is 0.639. The standard InChI is InChI=1S/C36H53N7O8S/c1-22(2)43-27-18-14-15-23(3)29(27)38-33(43)50-25-19-28-30(44)39-36(32(46)40-52(48,49)41(7)8)20-24(36)16-12-10-9-11-13-17-26(31(45)42(28)21-25)37-34(47)51-35(4,5)6/h12,14-16,18,22,24-26,28H,9-11,13,17,19-21H2,1-8H3,(H,37,47)(H,39,44)(H,40,46)/b16-12-/t24-,25-,26+,28+,36-/m1/s1. The highest BCUT2D eigenvalue weighted by atomic mass is 32.2. The molecule has 0 bridgehead atoms. The zero-order chi connectivity index (χ0) is 38.2. The molecular formula is C36H53N7O8S. The Bertz CT molecular complexity index is 1830. The monoisotopic (exact) mass is 743 g/mol. The van der Waals surface area contributed by atoms with Gasteiger partial charge in [0.05, 0.1) is 17.6 Å². The molecule has 15 nitrogen and oxygen atoms in total. The van der Waals surface area contributed by atoms with E-state index in [4.69, 9.17) is 14.5 Å². The van der Waals surface area contributed by atoms with E-state index in [-0.39, 0.29) is 25.4 Å². The summed E-state index contributed by atoms with van der Waals surface area (Å²) in [6, 6.07) is 4.11. The van der Waals surface area contributed by atoms with Crippen LogP contribution >= 0.6 is 0 Å². The molecule has 3 heterocycles. The lowest BCUT2D eigenvalue weighted by Gasteiger charge is -2.30. The van der Waals surface area contributed by atoms with E-state index in [0.717, 1.165) is 33.7 Å². The normalized spacial score (nSPS) is 26.5. The molecule has 1 saturated heterocycles. The molecule has 0 spiro atoms. The fourth-order valence-electron chi connectivity index (χ4n) is 6.88.